The summed E-state index contributed by atoms with van der Waals surface area (Å²) in [7, 11) is 0. The van der Waals surface area contributed by atoms with Crippen LogP contribution in [-0.4, -0.2) is 0 Å². The molecule has 2 aromatic rings. The molecule has 0 aromatic heterocycles. The molecule has 0 aliphatic carbocycles. The lowest BCUT2D eigenvalue weighted by molar-refractivity contribution is 0.625. The van der Waals surface area contributed by atoms with Crippen molar-refractivity contribution in [2.75, 3.05) is 0 Å². The van der Waals surface area contributed by atoms with Crippen LogP contribution in [0.3, 0.4) is 0 Å². The van der Waals surface area contributed by atoms with E-state index in [1.54, 1.807) is 42.5 Å². The molecule has 2 rings (SSSR count). The maximum Gasteiger partial charge on any atom is 0.130 e. The number of benzene rings is 2. The van der Waals surface area contributed by atoms with Gasteiger partial charge in [0.1, 0.15) is 11.6 Å². The van der Waals surface area contributed by atoms with E-state index in [1.807, 2.05) is 0 Å². The molecule has 0 atom stereocenters. The first kappa shape index (κ1) is 10.6. The van der Waals surface area contributed by atoms with E-state index >= 15 is 0 Å². The van der Waals surface area contributed by atoms with Crippen molar-refractivity contribution in [3.63, 3.8) is 0 Å². The van der Waals surface area contributed by atoms with E-state index in [0.29, 0.717) is 11.1 Å². The third kappa shape index (κ3) is 2.54. The molecule has 2 aromatic carbocycles. The zero-order chi connectivity index (χ0) is 11.4. The van der Waals surface area contributed by atoms with Gasteiger partial charge in [-0.1, -0.05) is 42.5 Å². The molecule has 16 heavy (non-hydrogen) atoms. The fourth-order valence-corrected chi connectivity index (χ4v) is 1.41. The second-order valence-corrected chi connectivity index (χ2v) is 3.41. The molecule has 0 saturated heterocycles. The van der Waals surface area contributed by atoms with Gasteiger partial charge in [0.2, 0.25) is 0 Å². The summed E-state index contributed by atoms with van der Waals surface area (Å²) in [6.45, 7) is 0. The summed E-state index contributed by atoms with van der Waals surface area (Å²) in [4.78, 5) is 0. The second kappa shape index (κ2) is 4.71. The fourth-order valence-electron chi connectivity index (χ4n) is 1.41. The van der Waals surface area contributed by atoms with Crippen molar-refractivity contribution in [1.29, 1.82) is 0 Å². The van der Waals surface area contributed by atoms with Crippen LogP contribution in [0.25, 0.3) is 12.2 Å². The lowest BCUT2D eigenvalue weighted by Crippen LogP contribution is -1.80. The van der Waals surface area contributed by atoms with Crippen molar-refractivity contribution in [2.45, 2.75) is 0 Å². The molecule has 0 amide bonds. The summed E-state index contributed by atoms with van der Waals surface area (Å²) in [5, 5.41) is 0. The Morgan fingerprint density at radius 2 is 1.62 bits per heavy atom. The Morgan fingerprint density at radius 3 is 2.38 bits per heavy atom. The van der Waals surface area contributed by atoms with Gasteiger partial charge in [0.05, 0.1) is 0 Å². The van der Waals surface area contributed by atoms with Crippen LogP contribution in [-0.2, 0) is 0 Å². The maximum atomic E-state index is 13.2. The predicted octanol–water partition coefficient (Wildman–Crippen LogP) is 4.14. The number of hydrogen-bond acceptors (Lipinski definition) is 0. The van der Waals surface area contributed by atoms with Gasteiger partial charge in [-0.3, -0.25) is 0 Å². The average Bonchev–Trinajstić information content (AvgIpc) is 2.28. The molecule has 0 bridgehead atoms. The van der Waals surface area contributed by atoms with Crippen molar-refractivity contribution in [1.82, 2.24) is 0 Å². The summed E-state index contributed by atoms with van der Waals surface area (Å²) >= 11 is 0. The molecule has 0 heterocycles. The molecular weight excluding hydrogens is 206 g/mol. The molecule has 80 valence electrons. The summed E-state index contributed by atoms with van der Waals surface area (Å²) in [6, 6.07) is 12.6. The summed E-state index contributed by atoms with van der Waals surface area (Å²) in [6.07, 6.45) is 3.31. The lowest BCUT2D eigenvalue weighted by Gasteiger charge is -1.96. The Balaban J connectivity index is 2.25. The molecule has 0 spiro atoms. The summed E-state index contributed by atoms with van der Waals surface area (Å²) < 4.78 is 26.1. The van der Waals surface area contributed by atoms with Crippen molar-refractivity contribution in [3.8, 4) is 0 Å². The van der Waals surface area contributed by atoms with Gasteiger partial charge in [-0.05, 0) is 23.8 Å². The van der Waals surface area contributed by atoms with E-state index in [0.717, 1.165) is 0 Å². The normalized spacial score (nSPS) is 10.9. The average molecular weight is 216 g/mol. The van der Waals surface area contributed by atoms with Crippen LogP contribution in [0.2, 0.25) is 0 Å². The first-order valence-corrected chi connectivity index (χ1v) is 4.94. The Bertz CT molecular complexity index is 516. The molecule has 0 fully saturated rings. The number of hydrogen-bond donors (Lipinski definition) is 0. The topological polar surface area (TPSA) is 0 Å². The monoisotopic (exact) mass is 216 g/mol. The van der Waals surface area contributed by atoms with Gasteiger partial charge in [0.25, 0.3) is 0 Å². The van der Waals surface area contributed by atoms with E-state index in [4.69, 9.17) is 0 Å². The van der Waals surface area contributed by atoms with Gasteiger partial charge in [0.15, 0.2) is 0 Å². The Morgan fingerprint density at radius 1 is 0.812 bits per heavy atom. The zero-order valence-electron chi connectivity index (χ0n) is 8.53. The van der Waals surface area contributed by atoms with Crippen LogP contribution in [0.1, 0.15) is 11.1 Å². The highest BCUT2D eigenvalue weighted by atomic mass is 19.1. The smallest absolute Gasteiger partial charge is 0.130 e. The van der Waals surface area contributed by atoms with E-state index in [1.165, 1.54) is 18.2 Å². The van der Waals surface area contributed by atoms with Crippen molar-refractivity contribution in [2.24, 2.45) is 0 Å². The molecule has 0 radical (unpaired) electrons. The van der Waals surface area contributed by atoms with E-state index < -0.39 is 0 Å². The zero-order valence-corrected chi connectivity index (χ0v) is 8.53. The molecule has 0 N–H and O–H groups in total. The Labute approximate surface area is 92.9 Å². The van der Waals surface area contributed by atoms with Crippen LogP contribution in [0.5, 0.6) is 0 Å². The third-order valence-corrected chi connectivity index (χ3v) is 2.21. The minimum atomic E-state index is -0.296. The van der Waals surface area contributed by atoms with E-state index in [2.05, 4.69) is 0 Å². The minimum Gasteiger partial charge on any atom is -0.207 e. The fraction of sp³-hybridized carbons (Fsp3) is 0. The van der Waals surface area contributed by atoms with Gasteiger partial charge < -0.3 is 0 Å². The van der Waals surface area contributed by atoms with Crippen LogP contribution in [0.15, 0.2) is 48.5 Å². The highest BCUT2D eigenvalue weighted by Crippen LogP contribution is 2.12. The molecule has 2 heteroatoms. The molecule has 0 aliphatic rings. The quantitative estimate of drug-likeness (QED) is 0.662. The summed E-state index contributed by atoms with van der Waals surface area (Å²) in [5.74, 6) is -0.578. The first-order valence-electron chi connectivity index (χ1n) is 4.94. The molecule has 0 saturated carbocycles. The number of rotatable bonds is 2. The van der Waals surface area contributed by atoms with Gasteiger partial charge in [0, 0.05) is 5.56 Å². The summed E-state index contributed by atoms with van der Waals surface area (Å²) in [5.41, 5.74) is 1.20. The van der Waals surface area contributed by atoms with Crippen molar-refractivity contribution >= 4 is 12.2 Å². The predicted molar refractivity (Wildman–Crippen MR) is 61.7 cm³/mol. The van der Waals surface area contributed by atoms with Crippen LogP contribution in [0.4, 0.5) is 8.78 Å². The highest BCUT2D eigenvalue weighted by Gasteiger charge is 1.95. The lowest BCUT2D eigenvalue weighted by atomic mass is 10.1. The molecule has 0 aliphatic heterocycles. The van der Waals surface area contributed by atoms with E-state index in [9.17, 15) is 8.78 Å². The van der Waals surface area contributed by atoms with Crippen LogP contribution >= 0.6 is 0 Å². The SMILES string of the molecule is Fc1cccc(/C=C/c2ccccc2F)c1. The van der Waals surface area contributed by atoms with Gasteiger partial charge in [-0.15, -0.1) is 0 Å². The number of halogens is 2. The van der Waals surface area contributed by atoms with Crippen molar-refractivity contribution < 1.29 is 8.78 Å². The van der Waals surface area contributed by atoms with Gasteiger partial charge >= 0.3 is 0 Å². The molecule has 0 nitrogen and oxygen atoms in total. The van der Waals surface area contributed by atoms with E-state index in [-0.39, 0.29) is 11.6 Å². The van der Waals surface area contributed by atoms with Crippen molar-refractivity contribution in [3.05, 3.63) is 71.3 Å². The first-order chi connectivity index (χ1) is 7.75. The molecule has 0 unspecified atom stereocenters. The van der Waals surface area contributed by atoms with Gasteiger partial charge in [-0.2, -0.15) is 0 Å². The third-order valence-electron chi connectivity index (χ3n) is 2.21. The van der Waals surface area contributed by atoms with Gasteiger partial charge in [-0.25, -0.2) is 8.78 Å². The van der Waals surface area contributed by atoms with Crippen LogP contribution in [0, 0.1) is 11.6 Å². The second-order valence-electron chi connectivity index (χ2n) is 3.41. The largest absolute Gasteiger partial charge is 0.207 e. The maximum absolute atomic E-state index is 13.2. The van der Waals surface area contributed by atoms with Crippen LogP contribution < -0.4 is 0 Å². The Hall–Kier alpha value is -1.96. The standard InChI is InChI=1S/C14H10F2/c15-13-6-3-4-11(10-13)8-9-12-5-1-2-7-14(12)16/h1-10H/b9-8+. The minimum absolute atomic E-state index is 0.282. The Kier molecular flexibility index (Phi) is 3.10. The molecular formula is C14H10F2. The highest BCUT2D eigenvalue weighted by molar-refractivity contribution is 5.69.